The highest BCUT2D eigenvalue weighted by Crippen LogP contribution is 2.43. The maximum absolute atomic E-state index is 12.6. The van der Waals surface area contributed by atoms with Crippen LogP contribution in [0.2, 0.25) is 0 Å². The largest absolute Gasteiger partial charge is 0.462 e. The number of carbonyl (C=O) groups is 1. The van der Waals surface area contributed by atoms with Gasteiger partial charge in [0.05, 0.1) is 6.61 Å². The number of hydrogen-bond acceptors (Lipinski definition) is 3. The van der Waals surface area contributed by atoms with Crippen LogP contribution >= 0.6 is 0 Å². The van der Waals surface area contributed by atoms with Crippen molar-refractivity contribution in [2.75, 3.05) is 6.61 Å². The third-order valence-corrected chi connectivity index (χ3v) is 6.25. The second-order valence-corrected chi connectivity index (χ2v) is 8.35. The second-order valence-electron chi connectivity index (χ2n) is 8.35. The molecule has 0 unspecified atom stereocenters. The van der Waals surface area contributed by atoms with Gasteiger partial charge < -0.3 is 4.74 Å². The van der Waals surface area contributed by atoms with Gasteiger partial charge in [-0.15, -0.1) is 0 Å². The number of nitrogens with zero attached hydrogens (tertiary/aromatic N) is 1. The van der Waals surface area contributed by atoms with E-state index in [0.29, 0.717) is 24.0 Å². The van der Waals surface area contributed by atoms with Gasteiger partial charge in [0.2, 0.25) is 0 Å². The minimum absolute atomic E-state index is 0.343. The van der Waals surface area contributed by atoms with E-state index in [9.17, 15) is 10.1 Å². The first-order chi connectivity index (χ1) is 12.1. The van der Waals surface area contributed by atoms with Crippen molar-refractivity contribution in [1.82, 2.24) is 0 Å². The van der Waals surface area contributed by atoms with Gasteiger partial charge in [0.1, 0.15) is 11.6 Å². The summed E-state index contributed by atoms with van der Waals surface area (Å²) in [4.78, 5) is 12.6. The van der Waals surface area contributed by atoms with Crippen molar-refractivity contribution >= 4 is 5.97 Å². The zero-order valence-electron chi connectivity index (χ0n) is 16.4. The molecule has 2 rings (SSSR count). The molecular weight excluding hydrogens is 310 g/mol. The molecule has 0 aromatic rings. The SMILES string of the molecule is CCCCOC(=O)C(C#N)=C(C1CCC(C)CC1)C1CCC(C)CC1. The van der Waals surface area contributed by atoms with Crippen LogP contribution in [-0.2, 0) is 9.53 Å². The minimum Gasteiger partial charge on any atom is -0.462 e. The van der Waals surface area contributed by atoms with E-state index in [1.165, 1.54) is 25.7 Å². The molecule has 0 radical (unpaired) electrons. The van der Waals surface area contributed by atoms with Gasteiger partial charge in [-0.3, -0.25) is 0 Å². The summed E-state index contributed by atoms with van der Waals surface area (Å²) in [6.07, 6.45) is 11.2. The number of esters is 1. The number of allylic oxidation sites excluding steroid dienone is 1. The zero-order chi connectivity index (χ0) is 18.2. The second kappa shape index (κ2) is 10.00. The Hall–Kier alpha value is -1.30. The quantitative estimate of drug-likeness (QED) is 0.264. The van der Waals surface area contributed by atoms with E-state index >= 15 is 0 Å². The van der Waals surface area contributed by atoms with Gasteiger partial charge in [-0.1, -0.05) is 52.9 Å². The molecule has 140 valence electrons. The van der Waals surface area contributed by atoms with Crippen molar-refractivity contribution in [3.63, 3.8) is 0 Å². The molecule has 0 aromatic carbocycles. The molecule has 25 heavy (non-hydrogen) atoms. The molecule has 0 bridgehead atoms. The Morgan fingerprint density at radius 1 is 0.960 bits per heavy atom. The predicted octanol–water partition coefficient (Wildman–Crippen LogP) is 5.80. The van der Waals surface area contributed by atoms with Crippen molar-refractivity contribution in [3.8, 4) is 6.07 Å². The van der Waals surface area contributed by atoms with Crippen LogP contribution in [0.25, 0.3) is 0 Å². The molecule has 0 saturated heterocycles. The first-order valence-electron chi connectivity index (χ1n) is 10.4. The fourth-order valence-corrected chi connectivity index (χ4v) is 4.49. The van der Waals surface area contributed by atoms with Crippen LogP contribution in [0.3, 0.4) is 0 Å². The lowest BCUT2D eigenvalue weighted by Crippen LogP contribution is -2.26. The smallest absolute Gasteiger partial charge is 0.348 e. The van der Waals surface area contributed by atoms with Gasteiger partial charge in [-0.2, -0.15) is 5.26 Å². The number of nitriles is 1. The van der Waals surface area contributed by atoms with Gasteiger partial charge in [0, 0.05) is 0 Å². The summed E-state index contributed by atoms with van der Waals surface area (Å²) in [6, 6.07) is 2.25. The molecule has 2 fully saturated rings. The number of unbranched alkanes of at least 4 members (excludes halogenated alkanes) is 1. The van der Waals surface area contributed by atoms with Crippen LogP contribution in [0.15, 0.2) is 11.1 Å². The maximum atomic E-state index is 12.6. The Balaban J connectivity index is 2.24. The third kappa shape index (κ3) is 5.59. The summed E-state index contributed by atoms with van der Waals surface area (Å²) in [5.74, 6) is 1.98. The van der Waals surface area contributed by atoms with Crippen molar-refractivity contribution in [3.05, 3.63) is 11.1 Å². The normalized spacial score (nSPS) is 29.5. The number of rotatable bonds is 6. The van der Waals surface area contributed by atoms with Gasteiger partial charge in [-0.25, -0.2) is 4.79 Å². The van der Waals surface area contributed by atoms with Crippen molar-refractivity contribution in [2.24, 2.45) is 23.7 Å². The molecule has 0 atom stereocenters. The van der Waals surface area contributed by atoms with Crippen LogP contribution in [-0.4, -0.2) is 12.6 Å². The van der Waals surface area contributed by atoms with Crippen molar-refractivity contribution in [1.29, 1.82) is 5.26 Å². The minimum atomic E-state index is -0.372. The average molecular weight is 346 g/mol. The molecule has 3 heteroatoms. The van der Waals surface area contributed by atoms with Crippen molar-refractivity contribution < 1.29 is 9.53 Å². The third-order valence-electron chi connectivity index (χ3n) is 6.25. The zero-order valence-corrected chi connectivity index (χ0v) is 16.4. The molecule has 3 nitrogen and oxygen atoms in total. The fraction of sp³-hybridized carbons (Fsp3) is 0.818. The van der Waals surface area contributed by atoms with Crippen LogP contribution in [0, 0.1) is 35.0 Å². The topological polar surface area (TPSA) is 50.1 Å². The Morgan fingerprint density at radius 2 is 1.44 bits per heavy atom. The predicted molar refractivity (Wildman–Crippen MR) is 101 cm³/mol. The fourth-order valence-electron chi connectivity index (χ4n) is 4.49. The summed E-state index contributed by atoms with van der Waals surface area (Å²) in [5.41, 5.74) is 1.50. The van der Waals surface area contributed by atoms with Crippen LogP contribution in [0.1, 0.15) is 85.0 Å². The molecule has 0 heterocycles. The molecule has 2 saturated carbocycles. The highest BCUT2D eigenvalue weighted by Gasteiger charge is 2.33. The summed E-state index contributed by atoms with van der Waals surface area (Å²) >= 11 is 0. The first-order valence-corrected chi connectivity index (χ1v) is 10.4. The molecule has 0 aromatic heterocycles. The van der Waals surface area contributed by atoms with E-state index in [1.54, 1.807) is 0 Å². The lowest BCUT2D eigenvalue weighted by atomic mass is 9.69. The molecule has 0 aliphatic heterocycles. The summed E-state index contributed by atoms with van der Waals surface area (Å²) in [7, 11) is 0. The lowest BCUT2D eigenvalue weighted by Gasteiger charge is -2.36. The summed E-state index contributed by atoms with van der Waals surface area (Å²) in [5, 5.41) is 9.78. The van der Waals surface area contributed by atoms with E-state index in [0.717, 1.165) is 55.9 Å². The molecule has 2 aliphatic carbocycles. The Kier molecular flexibility index (Phi) is 8.00. The van der Waals surface area contributed by atoms with Crippen LogP contribution in [0.4, 0.5) is 0 Å². The lowest BCUT2D eigenvalue weighted by molar-refractivity contribution is -0.138. The molecule has 0 amide bonds. The Labute approximate surface area is 153 Å². The van der Waals surface area contributed by atoms with E-state index in [2.05, 4.69) is 26.8 Å². The molecule has 2 aliphatic rings. The van der Waals surface area contributed by atoms with Crippen LogP contribution in [0.5, 0.6) is 0 Å². The van der Waals surface area contributed by atoms with E-state index in [-0.39, 0.29) is 5.97 Å². The van der Waals surface area contributed by atoms with Gasteiger partial charge in [-0.05, 0) is 61.3 Å². The highest BCUT2D eigenvalue weighted by atomic mass is 16.5. The number of ether oxygens (including phenoxy) is 1. The summed E-state index contributed by atoms with van der Waals surface area (Å²) < 4.78 is 5.42. The van der Waals surface area contributed by atoms with Gasteiger partial charge in [0.15, 0.2) is 0 Å². The van der Waals surface area contributed by atoms with Crippen molar-refractivity contribution in [2.45, 2.75) is 85.0 Å². The van der Waals surface area contributed by atoms with Gasteiger partial charge >= 0.3 is 5.97 Å². The molecule has 0 N–H and O–H groups in total. The van der Waals surface area contributed by atoms with E-state index in [1.807, 2.05) is 0 Å². The standard InChI is InChI=1S/C22H35NO2/c1-4-5-14-25-22(24)20(15-23)21(18-10-6-16(2)7-11-18)19-12-8-17(3)9-13-19/h16-19H,4-14H2,1-3H3. The van der Waals surface area contributed by atoms with E-state index in [4.69, 9.17) is 4.74 Å². The maximum Gasteiger partial charge on any atom is 0.348 e. The Morgan fingerprint density at radius 3 is 1.84 bits per heavy atom. The number of hydrogen-bond donors (Lipinski definition) is 0. The van der Waals surface area contributed by atoms with E-state index < -0.39 is 0 Å². The highest BCUT2D eigenvalue weighted by molar-refractivity contribution is 5.93. The molecule has 0 spiro atoms. The van der Waals surface area contributed by atoms with Gasteiger partial charge in [0.25, 0.3) is 0 Å². The average Bonchev–Trinajstić information content (AvgIpc) is 2.62. The molecular formula is C22H35NO2. The monoisotopic (exact) mass is 345 g/mol. The van der Waals surface area contributed by atoms with Crippen LogP contribution < -0.4 is 0 Å². The Bertz CT molecular complexity index is 477. The number of carbonyl (C=O) groups excluding carboxylic acids is 1. The first kappa shape index (κ1) is 20.0. The summed E-state index contributed by atoms with van der Waals surface area (Å²) in [6.45, 7) is 7.13.